The number of nitro groups is 1. The molecular formula is C13H10N2O3. The number of hydrogen-bond acceptors (Lipinski definition) is 3. The molecule has 1 amide bonds. The molecule has 0 radical (unpaired) electrons. The van der Waals surface area contributed by atoms with Crippen LogP contribution >= 0.6 is 0 Å². The second-order valence-corrected chi connectivity index (χ2v) is 3.25. The van der Waals surface area contributed by atoms with Crippen LogP contribution in [0.5, 0.6) is 0 Å². The van der Waals surface area contributed by atoms with E-state index in [-0.39, 0.29) is 23.7 Å². The number of nitro benzene ring substituents is 1. The number of hydrogen-bond donors (Lipinski definition) is 1. The molecule has 90 valence electrons. The van der Waals surface area contributed by atoms with Crippen molar-refractivity contribution in [3.05, 3.63) is 70.2 Å². The fourth-order valence-corrected chi connectivity index (χ4v) is 1.29. The number of amides is 1. The summed E-state index contributed by atoms with van der Waals surface area (Å²) in [5.74, 6) is -0.905. The predicted octanol–water partition coefficient (Wildman–Crippen LogP) is 2.85. The van der Waals surface area contributed by atoms with E-state index in [1.807, 2.05) is 0 Å². The number of rotatable bonds is 3. The second-order valence-electron chi connectivity index (χ2n) is 3.25. The summed E-state index contributed by atoms with van der Waals surface area (Å²) in [5.41, 5.74) is -1.38. The van der Waals surface area contributed by atoms with Crippen molar-refractivity contribution >= 4 is 17.3 Å². The molecule has 0 bridgehead atoms. The van der Waals surface area contributed by atoms with Crippen molar-refractivity contribution in [1.82, 2.24) is 0 Å². The topological polar surface area (TPSA) is 72.2 Å². The summed E-state index contributed by atoms with van der Waals surface area (Å²) < 4.78 is 30.5. The fraction of sp³-hybridized carbons (Fsp3) is 0. The van der Waals surface area contributed by atoms with Gasteiger partial charge in [0.2, 0.25) is 0 Å². The third-order valence-electron chi connectivity index (χ3n) is 2.06. The van der Waals surface area contributed by atoms with Crippen molar-refractivity contribution in [2.24, 2.45) is 0 Å². The van der Waals surface area contributed by atoms with Gasteiger partial charge in [-0.15, -0.1) is 0 Å². The van der Waals surface area contributed by atoms with E-state index in [1.54, 1.807) is 0 Å². The van der Waals surface area contributed by atoms with Crippen molar-refractivity contribution < 1.29 is 15.2 Å². The molecule has 5 heteroatoms. The fourth-order valence-electron chi connectivity index (χ4n) is 1.29. The number of benzene rings is 2. The van der Waals surface area contributed by atoms with Gasteiger partial charge in [-0.25, -0.2) is 0 Å². The van der Waals surface area contributed by atoms with E-state index < -0.39 is 28.2 Å². The van der Waals surface area contributed by atoms with E-state index in [2.05, 4.69) is 5.32 Å². The average Bonchev–Trinajstić information content (AvgIpc) is 2.42. The maximum absolute atomic E-state index is 12.2. The first-order valence-corrected chi connectivity index (χ1v) is 4.95. The highest BCUT2D eigenvalue weighted by Gasteiger charge is 2.15. The van der Waals surface area contributed by atoms with Gasteiger partial charge in [0, 0.05) is 11.6 Å². The van der Waals surface area contributed by atoms with Crippen LogP contribution in [-0.2, 0) is 0 Å². The summed E-state index contributed by atoms with van der Waals surface area (Å²) in [6.45, 7) is 0. The zero-order chi connectivity index (χ0) is 16.4. The molecule has 0 saturated carbocycles. The van der Waals surface area contributed by atoms with Gasteiger partial charge >= 0.3 is 0 Å². The molecule has 5 nitrogen and oxygen atoms in total. The Kier molecular flexibility index (Phi) is 2.15. The molecule has 0 aromatic heterocycles. The molecule has 0 spiro atoms. The molecule has 0 fully saturated rings. The van der Waals surface area contributed by atoms with Crippen LogP contribution in [0.1, 0.15) is 15.8 Å². The van der Waals surface area contributed by atoms with Crippen LogP contribution in [0, 0.1) is 10.1 Å². The summed E-state index contributed by atoms with van der Waals surface area (Å²) in [6.07, 6.45) is 0. The first kappa shape index (κ1) is 7.60. The summed E-state index contributed by atoms with van der Waals surface area (Å²) in [4.78, 5) is 22.3. The Hall–Kier alpha value is -2.69. The van der Waals surface area contributed by atoms with Crippen LogP contribution < -0.4 is 5.32 Å². The Morgan fingerprint density at radius 1 is 1.11 bits per heavy atom. The number of nitrogens with one attached hydrogen (secondary N) is 1. The van der Waals surface area contributed by atoms with Gasteiger partial charge in [-0.2, -0.15) is 0 Å². The number of anilines is 1. The van der Waals surface area contributed by atoms with E-state index in [0.717, 1.165) is 12.1 Å². The van der Waals surface area contributed by atoms with Crippen LogP contribution in [0.3, 0.4) is 0 Å². The molecule has 0 aliphatic rings. The minimum Gasteiger partial charge on any atom is -0.316 e. The van der Waals surface area contributed by atoms with Gasteiger partial charge in [0.25, 0.3) is 11.6 Å². The normalized spacial score (nSPS) is 12.9. The van der Waals surface area contributed by atoms with Crippen LogP contribution in [0.4, 0.5) is 11.4 Å². The highest BCUT2D eigenvalue weighted by molar-refractivity contribution is 6.05. The average molecular weight is 246 g/mol. The van der Waals surface area contributed by atoms with Crippen molar-refractivity contribution in [3.63, 3.8) is 0 Å². The van der Waals surface area contributed by atoms with Crippen molar-refractivity contribution in [3.8, 4) is 0 Å². The molecule has 18 heavy (non-hydrogen) atoms. The number of para-hydroxylation sites is 2. The molecule has 0 aliphatic heterocycles. The summed E-state index contributed by atoms with van der Waals surface area (Å²) in [5, 5.41) is 13.2. The first-order chi connectivity index (χ1) is 10.3. The molecule has 2 aromatic rings. The zero-order valence-corrected chi connectivity index (χ0v) is 9.06. The summed E-state index contributed by atoms with van der Waals surface area (Å²) >= 11 is 0. The molecule has 0 aliphatic carbocycles. The Bertz CT molecular complexity index is 760. The SMILES string of the molecule is [2H]c1ccc([2H])c([N+](=O)[O-])c1NC(=O)c1c([2H])cccc1[2H]. The third kappa shape index (κ3) is 2.52. The molecule has 1 N–H and O–H groups in total. The lowest BCUT2D eigenvalue weighted by Crippen LogP contribution is -2.12. The van der Waals surface area contributed by atoms with Crippen molar-refractivity contribution in [2.75, 3.05) is 5.32 Å². The Morgan fingerprint density at radius 3 is 2.39 bits per heavy atom. The van der Waals surface area contributed by atoms with Gasteiger partial charge in [-0.05, 0) is 18.1 Å². The summed E-state index contributed by atoms with van der Waals surface area (Å²) in [6, 6.07) is 5.11. The van der Waals surface area contributed by atoms with Gasteiger partial charge in [0.05, 0.1) is 10.4 Å². The maximum Gasteiger partial charge on any atom is 0.292 e. The van der Waals surface area contributed by atoms with Gasteiger partial charge in [0.1, 0.15) is 5.69 Å². The Balaban J connectivity index is 2.50. The lowest BCUT2D eigenvalue weighted by Gasteiger charge is -2.05. The lowest BCUT2D eigenvalue weighted by atomic mass is 10.2. The van der Waals surface area contributed by atoms with E-state index in [0.29, 0.717) is 0 Å². The minimum atomic E-state index is -0.905. The van der Waals surface area contributed by atoms with Gasteiger partial charge in [0.15, 0.2) is 0 Å². The van der Waals surface area contributed by atoms with Crippen molar-refractivity contribution in [1.29, 1.82) is 0 Å². The largest absolute Gasteiger partial charge is 0.316 e. The van der Waals surface area contributed by atoms with E-state index in [1.165, 1.54) is 18.2 Å². The van der Waals surface area contributed by atoms with E-state index in [9.17, 15) is 14.9 Å². The van der Waals surface area contributed by atoms with Gasteiger partial charge in [-0.1, -0.05) is 30.3 Å². The van der Waals surface area contributed by atoms with Crippen molar-refractivity contribution in [2.45, 2.75) is 0 Å². The minimum absolute atomic E-state index is 0.207. The van der Waals surface area contributed by atoms with E-state index in [4.69, 9.17) is 5.48 Å². The highest BCUT2D eigenvalue weighted by atomic mass is 16.6. The highest BCUT2D eigenvalue weighted by Crippen LogP contribution is 2.23. The Labute approximate surface area is 109 Å². The molecule has 0 saturated heterocycles. The van der Waals surface area contributed by atoms with Gasteiger partial charge < -0.3 is 5.32 Å². The summed E-state index contributed by atoms with van der Waals surface area (Å²) in [7, 11) is 0. The van der Waals surface area contributed by atoms with Gasteiger partial charge in [-0.3, -0.25) is 14.9 Å². The van der Waals surface area contributed by atoms with E-state index >= 15 is 0 Å². The maximum atomic E-state index is 12.2. The Morgan fingerprint density at radius 2 is 1.72 bits per heavy atom. The smallest absolute Gasteiger partial charge is 0.292 e. The van der Waals surface area contributed by atoms with Crippen LogP contribution in [0.15, 0.2) is 54.5 Å². The number of nitrogens with zero attached hydrogens (tertiary/aromatic N) is 1. The van der Waals surface area contributed by atoms with Crippen LogP contribution in [0.25, 0.3) is 0 Å². The second kappa shape index (κ2) is 5.09. The monoisotopic (exact) mass is 246 g/mol. The van der Waals surface area contributed by atoms with Crippen LogP contribution in [0.2, 0.25) is 0 Å². The molecule has 2 rings (SSSR count). The standard InChI is InChI=1S/C13H10N2O3/c16-13(10-6-2-1-3-7-10)14-11-8-4-5-9-12(11)15(17)18/h1-9H,(H,14,16)/i6D,7D,8D,9D. The molecule has 2 aromatic carbocycles. The molecule has 0 heterocycles. The number of carbonyl (C=O) groups is 1. The molecule has 0 atom stereocenters. The first-order valence-electron chi connectivity index (χ1n) is 6.95. The lowest BCUT2D eigenvalue weighted by molar-refractivity contribution is -0.383. The third-order valence-corrected chi connectivity index (χ3v) is 2.06. The quantitative estimate of drug-likeness (QED) is 0.668. The number of carbonyl (C=O) groups excluding carboxylic acids is 1. The van der Waals surface area contributed by atoms with Crippen LogP contribution in [-0.4, -0.2) is 10.8 Å². The molecule has 0 unspecified atom stereocenters. The zero-order valence-electron chi connectivity index (χ0n) is 13.1. The predicted molar refractivity (Wildman–Crippen MR) is 67.5 cm³/mol. The molecular weight excluding hydrogens is 232 g/mol.